The number of hydrogen-bond acceptors (Lipinski definition) is 2. The van der Waals surface area contributed by atoms with Crippen molar-refractivity contribution in [2.24, 2.45) is 5.92 Å². The average Bonchev–Trinajstić information content (AvgIpc) is 3.04. The zero-order valence-electron chi connectivity index (χ0n) is 13.4. The molecule has 0 saturated heterocycles. The number of carbonyl (C=O) groups excluding carboxylic acids is 1. The molecule has 2 aromatic rings. The Morgan fingerprint density at radius 2 is 2.04 bits per heavy atom. The second-order valence-corrected chi connectivity index (χ2v) is 6.48. The van der Waals surface area contributed by atoms with Crippen molar-refractivity contribution in [1.29, 1.82) is 0 Å². The first kappa shape index (κ1) is 14.9. The summed E-state index contributed by atoms with van der Waals surface area (Å²) in [5.74, 6) is 0.266. The molecule has 0 aromatic heterocycles. The molecule has 1 amide bonds. The summed E-state index contributed by atoms with van der Waals surface area (Å²) in [5, 5.41) is 6.35. The lowest BCUT2D eigenvalue weighted by Crippen LogP contribution is -2.29. The highest BCUT2D eigenvalue weighted by Crippen LogP contribution is 2.50. The normalized spacial score (nSPS) is 24.0. The lowest BCUT2D eigenvalue weighted by Gasteiger charge is -2.37. The largest absolute Gasteiger partial charge is 0.378 e. The lowest BCUT2D eigenvalue weighted by molar-refractivity contribution is -0.114. The Balaban J connectivity index is 1.75. The Morgan fingerprint density at radius 1 is 1.21 bits per heavy atom. The molecule has 24 heavy (non-hydrogen) atoms. The quantitative estimate of drug-likeness (QED) is 0.793. The molecule has 1 heterocycles. The minimum absolute atomic E-state index is 0.0506. The summed E-state index contributed by atoms with van der Waals surface area (Å²) in [4.78, 5) is 11.3. The Morgan fingerprint density at radius 3 is 2.83 bits per heavy atom. The molecule has 122 valence electrons. The fourth-order valence-corrected chi connectivity index (χ4v) is 3.91. The maximum Gasteiger partial charge on any atom is 0.221 e. The standard InChI is InChI=1S/C20H19FN2O/c1-12(24)22-13-9-10-19-17(11-13)14-6-4-7-15(14)20(23-19)16-5-2-3-8-18(16)21/h2-6,8-11,14-15,20,23H,7H2,1H3,(H,22,24)/t14-,15-,20+/m1/s1. The maximum atomic E-state index is 14.3. The first-order valence-electron chi connectivity index (χ1n) is 8.22. The minimum atomic E-state index is -0.168. The van der Waals surface area contributed by atoms with E-state index in [0.29, 0.717) is 5.56 Å². The number of fused-ring (bicyclic) bond motifs is 3. The van der Waals surface area contributed by atoms with E-state index in [4.69, 9.17) is 0 Å². The monoisotopic (exact) mass is 322 g/mol. The van der Waals surface area contributed by atoms with Crippen LogP contribution in [0.2, 0.25) is 0 Å². The van der Waals surface area contributed by atoms with Gasteiger partial charge in [0.05, 0.1) is 6.04 Å². The van der Waals surface area contributed by atoms with Gasteiger partial charge in [0.1, 0.15) is 5.82 Å². The van der Waals surface area contributed by atoms with Crippen LogP contribution in [-0.2, 0) is 4.79 Å². The van der Waals surface area contributed by atoms with Crippen molar-refractivity contribution in [2.75, 3.05) is 10.6 Å². The summed E-state index contributed by atoms with van der Waals surface area (Å²) in [5.41, 5.74) is 3.68. The predicted molar refractivity (Wildman–Crippen MR) is 93.5 cm³/mol. The van der Waals surface area contributed by atoms with Gasteiger partial charge in [-0.2, -0.15) is 0 Å². The summed E-state index contributed by atoms with van der Waals surface area (Å²) in [6, 6.07) is 12.8. The van der Waals surface area contributed by atoms with E-state index in [1.807, 2.05) is 30.3 Å². The van der Waals surface area contributed by atoms with E-state index in [2.05, 4.69) is 22.8 Å². The fraction of sp³-hybridized carbons (Fsp3) is 0.250. The lowest BCUT2D eigenvalue weighted by atomic mass is 9.77. The number of rotatable bonds is 2. The first-order chi connectivity index (χ1) is 11.6. The molecule has 2 aromatic carbocycles. The molecule has 0 fully saturated rings. The van der Waals surface area contributed by atoms with Crippen molar-refractivity contribution in [1.82, 2.24) is 0 Å². The summed E-state index contributed by atoms with van der Waals surface area (Å²) >= 11 is 0. The molecular weight excluding hydrogens is 303 g/mol. The number of anilines is 2. The van der Waals surface area contributed by atoms with E-state index in [9.17, 15) is 9.18 Å². The van der Waals surface area contributed by atoms with Crippen molar-refractivity contribution in [3.8, 4) is 0 Å². The number of hydrogen-bond donors (Lipinski definition) is 2. The van der Waals surface area contributed by atoms with E-state index >= 15 is 0 Å². The SMILES string of the molecule is CC(=O)Nc1ccc2c(c1)[C@@H]1C=CC[C@H]1[C@@H](c1ccccc1F)N2. The smallest absolute Gasteiger partial charge is 0.221 e. The third-order valence-corrected chi connectivity index (χ3v) is 4.92. The summed E-state index contributed by atoms with van der Waals surface area (Å²) in [6.07, 6.45) is 5.29. The van der Waals surface area contributed by atoms with Crippen LogP contribution in [0.5, 0.6) is 0 Å². The zero-order valence-corrected chi connectivity index (χ0v) is 13.4. The molecule has 0 unspecified atom stereocenters. The number of halogens is 1. The highest BCUT2D eigenvalue weighted by molar-refractivity contribution is 5.89. The molecule has 2 N–H and O–H groups in total. The van der Waals surface area contributed by atoms with Gasteiger partial charge in [0.2, 0.25) is 5.91 Å². The van der Waals surface area contributed by atoms with E-state index < -0.39 is 0 Å². The van der Waals surface area contributed by atoms with Crippen LogP contribution in [0.25, 0.3) is 0 Å². The van der Waals surface area contributed by atoms with Gasteiger partial charge in [-0.15, -0.1) is 0 Å². The van der Waals surface area contributed by atoms with Gasteiger partial charge in [-0.05, 0) is 42.2 Å². The van der Waals surface area contributed by atoms with Crippen LogP contribution in [0.4, 0.5) is 15.8 Å². The van der Waals surface area contributed by atoms with E-state index in [-0.39, 0.29) is 29.6 Å². The van der Waals surface area contributed by atoms with Crippen molar-refractivity contribution in [2.45, 2.75) is 25.3 Å². The maximum absolute atomic E-state index is 14.3. The van der Waals surface area contributed by atoms with E-state index in [1.54, 1.807) is 6.07 Å². The van der Waals surface area contributed by atoms with Crippen molar-refractivity contribution in [3.63, 3.8) is 0 Å². The molecule has 3 nitrogen and oxygen atoms in total. The van der Waals surface area contributed by atoms with Gasteiger partial charge in [-0.3, -0.25) is 4.79 Å². The average molecular weight is 322 g/mol. The molecule has 0 radical (unpaired) electrons. The van der Waals surface area contributed by atoms with E-state index in [0.717, 1.165) is 23.4 Å². The van der Waals surface area contributed by atoms with Crippen molar-refractivity contribution < 1.29 is 9.18 Å². The van der Waals surface area contributed by atoms with Gasteiger partial charge < -0.3 is 10.6 Å². The van der Waals surface area contributed by atoms with Gasteiger partial charge in [0, 0.05) is 29.8 Å². The minimum Gasteiger partial charge on any atom is -0.378 e. The second-order valence-electron chi connectivity index (χ2n) is 6.48. The molecule has 3 atom stereocenters. The second kappa shape index (κ2) is 5.78. The van der Waals surface area contributed by atoms with Gasteiger partial charge in [-0.1, -0.05) is 30.4 Å². The molecular formula is C20H19FN2O. The molecule has 0 spiro atoms. The third kappa shape index (κ3) is 2.48. The van der Waals surface area contributed by atoms with Gasteiger partial charge in [-0.25, -0.2) is 4.39 Å². The van der Waals surface area contributed by atoms with Crippen LogP contribution in [-0.4, -0.2) is 5.91 Å². The summed E-state index contributed by atoms with van der Waals surface area (Å²) < 4.78 is 14.3. The fourth-order valence-electron chi connectivity index (χ4n) is 3.91. The predicted octanol–water partition coefficient (Wildman–Crippen LogP) is 4.61. The molecule has 1 aliphatic carbocycles. The Labute approximate surface area is 140 Å². The Hall–Kier alpha value is -2.62. The first-order valence-corrected chi connectivity index (χ1v) is 8.22. The van der Waals surface area contributed by atoms with Crippen LogP contribution in [0.15, 0.2) is 54.6 Å². The molecule has 2 aliphatic rings. The number of amides is 1. The zero-order chi connectivity index (χ0) is 16.7. The highest BCUT2D eigenvalue weighted by atomic mass is 19.1. The summed E-state index contributed by atoms with van der Waals surface area (Å²) in [6.45, 7) is 1.50. The van der Waals surface area contributed by atoms with Crippen LogP contribution in [0, 0.1) is 11.7 Å². The molecule has 0 bridgehead atoms. The number of benzene rings is 2. The molecule has 1 aliphatic heterocycles. The highest BCUT2D eigenvalue weighted by Gasteiger charge is 2.38. The van der Waals surface area contributed by atoms with Gasteiger partial charge in [0.25, 0.3) is 0 Å². The van der Waals surface area contributed by atoms with Crippen LogP contribution >= 0.6 is 0 Å². The van der Waals surface area contributed by atoms with Crippen LogP contribution in [0.3, 0.4) is 0 Å². The molecule has 4 heteroatoms. The Bertz CT molecular complexity index is 830. The number of carbonyl (C=O) groups is 1. The topological polar surface area (TPSA) is 41.1 Å². The van der Waals surface area contributed by atoms with E-state index in [1.165, 1.54) is 13.0 Å². The summed E-state index contributed by atoms with van der Waals surface area (Å²) in [7, 11) is 0. The third-order valence-electron chi connectivity index (χ3n) is 4.92. The van der Waals surface area contributed by atoms with Gasteiger partial charge in [0.15, 0.2) is 0 Å². The Kier molecular flexibility index (Phi) is 3.60. The van der Waals surface area contributed by atoms with Crippen molar-refractivity contribution >= 4 is 17.3 Å². The van der Waals surface area contributed by atoms with Crippen LogP contribution < -0.4 is 10.6 Å². The number of allylic oxidation sites excluding steroid dienone is 2. The number of nitrogens with one attached hydrogen (secondary N) is 2. The van der Waals surface area contributed by atoms with Crippen LogP contribution in [0.1, 0.15) is 36.4 Å². The molecule has 0 saturated carbocycles. The van der Waals surface area contributed by atoms with Gasteiger partial charge >= 0.3 is 0 Å². The van der Waals surface area contributed by atoms with Crippen molar-refractivity contribution in [3.05, 3.63) is 71.6 Å². The molecule has 4 rings (SSSR count).